The van der Waals surface area contributed by atoms with Crippen LogP contribution < -0.4 is 4.74 Å². The van der Waals surface area contributed by atoms with Crippen molar-refractivity contribution in [2.75, 3.05) is 32.8 Å². The van der Waals surface area contributed by atoms with Crippen LogP contribution in [0.25, 0.3) is 0 Å². The summed E-state index contributed by atoms with van der Waals surface area (Å²) in [6.07, 6.45) is 0. The lowest BCUT2D eigenvalue weighted by Crippen LogP contribution is -2.49. The Morgan fingerprint density at radius 1 is 0.774 bits per heavy atom. The van der Waals surface area contributed by atoms with E-state index in [9.17, 15) is 8.42 Å². The molecule has 5 nitrogen and oxygen atoms in total. The van der Waals surface area contributed by atoms with Crippen LogP contribution in [-0.2, 0) is 10.0 Å². The van der Waals surface area contributed by atoms with Crippen LogP contribution >= 0.6 is 0 Å². The van der Waals surface area contributed by atoms with Gasteiger partial charge in [0, 0.05) is 26.2 Å². The van der Waals surface area contributed by atoms with Gasteiger partial charge in [0.2, 0.25) is 10.0 Å². The van der Waals surface area contributed by atoms with Crippen molar-refractivity contribution in [3.05, 3.63) is 96.1 Å². The second kappa shape index (κ2) is 9.64. The van der Waals surface area contributed by atoms with E-state index in [4.69, 9.17) is 4.74 Å². The van der Waals surface area contributed by atoms with Crippen molar-refractivity contribution < 1.29 is 13.2 Å². The van der Waals surface area contributed by atoms with E-state index in [2.05, 4.69) is 53.4 Å². The highest BCUT2D eigenvalue weighted by Gasteiger charge is 2.32. The van der Waals surface area contributed by atoms with Crippen LogP contribution in [0.15, 0.2) is 89.8 Å². The molecular weight excluding hydrogens is 408 g/mol. The summed E-state index contributed by atoms with van der Waals surface area (Å²) in [5, 5.41) is 0. The minimum absolute atomic E-state index is 0.109. The number of rotatable bonds is 7. The Kier molecular flexibility index (Phi) is 6.70. The molecule has 1 fully saturated rings. The fourth-order valence-corrected chi connectivity index (χ4v) is 5.53. The third kappa shape index (κ3) is 4.82. The van der Waals surface area contributed by atoms with Crippen molar-refractivity contribution in [1.82, 2.24) is 9.21 Å². The highest BCUT2D eigenvalue weighted by atomic mass is 32.2. The zero-order valence-electron chi connectivity index (χ0n) is 17.7. The summed E-state index contributed by atoms with van der Waals surface area (Å²) in [5.41, 5.74) is 2.44. The van der Waals surface area contributed by atoms with Gasteiger partial charge < -0.3 is 4.74 Å². The number of ether oxygens (including phenoxy) is 1. The minimum Gasteiger partial charge on any atom is -0.494 e. The standard InChI is InChI=1S/C25H28N2O3S/c1-2-30-23-13-15-24(16-14-23)31(28,29)27-19-17-26(18-20-27)25(21-9-5-3-6-10-21)22-11-7-4-8-12-22/h3-16,25H,2,17-20H2,1H3. The Labute approximate surface area is 184 Å². The molecule has 162 valence electrons. The van der Waals surface area contributed by atoms with Gasteiger partial charge in [-0.2, -0.15) is 4.31 Å². The van der Waals surface area contributed by atoms with Crippen molar-refractivity contribution >= 4 is 10.0 Å². The molecule has 1 aliphatic rings. The second-order valence-electron chi connectivity index (χ2n) is 7.57. The molecule has 31 heavy (non-hydrogen) atoms. The zero-order valence-corrected chi connectivity index (χ0v) is 18.5. The SMILES string of the molecule is CCOc1ccc(S(=O)(=O)N2CCN(C(c3ccccc3)c3ccccc3)CC2)cc1. The van der Waals surface area contributed by atoms with E-state index in [1.807, 2.05) is 19.1 Å². The number of hydrogen-bond donors (Lipinski definition) is 0. The number of benzene rings is 3. The predicted octanol–water partition coefficient (Wildman–Crippen LogP) is 4.18. The Balaban J connectivity index is 1.51. The molecule has 1 heterocycles. The fourth-order valence-electron chi connectivity index (χ4n) is 4.11. The zero-order chi connectivity index (χ0) is 21.7. The van der Waals surface area contributed by atoms with Gasteiger partial charge in [-0.15, -0.1) is 0 Å². The van der Waals surface area contributed by atoms with Crippen LogP contribution in [0.4, 0.5) is 0 Å². The highest BCUT2D eigenvalue weighted by Crippen LogP contribution is 2.30. The molecule has 0 radical (unpaired) electrons. The Morgan fingerprint density at radius 3 is 1.77 bits per heavy atom. The third-order valence-electron chi connectivity index (χ3n) is 5.64. The molecule has 6 heteroatoms. The molecule has 0 aromatic heterocycles. The molecule has 0 unspecified atom stereocenters. The first-order valence-electron chi connectivity index (χ1n) is 10.7. The molecule has 3 aromatic rings. The first kappa shape index (κ1) is 21.6. The lowest BCUT2D eigenvalue weighted by Gasteiger charge is -2.39. The topological polar surface area (TPSA) is 49.9 Å². The summed E-state index contributed by atoms with van der Waals surface area (Å²) in [7, 11) is -3.52. The van der Waals surface area contributed by atoms with Gasteiger partial charge in [0.15, 0.2) is 0 Å². The maximum Gasteiger partial charge on any atom is 0.243 e. The van der Waals surface area contributed by atoms with Crippen LogP contribution in [0.3, 0.4) is 0 Å². The molecule has 0 amide bonds. The van der Waals surface area contributed by atoms with E-state index >= 15 is 0 Å². The molecule has 0 bridgehead atoms. The summed E-state index contributed by atoms with van der Waals surface area (Å²) in [6.45, 7) is 4.73. The van der Waals surface area contributed by atoms with Crippen LogP contribution in [-0.4, -0.2) is 50.4 Å². The fraction of sp³-hybridized carbons (Fsp3) is 0.280. The van der Waals surface area contributed by atoms with Gasteiger partial charge in [-0.05, 0) is 42.3 Å². The summed E-state index contributed by atoms with van der Waals surface area (Å²) in [4.78, 5) is 2.68. The van der Waals surface area contributed by atoms with Crippen molar-refractivity contribution in [3.63, 3.8) is 0 Å². The first-order chi connectivity index (χ1) is 15.1. The smallest absolute Gasteiger partial charge is 0.243 e. The van der Waals surface area contributed by atoms with Gasteiger partial charge in [-0.1, -0.05) is 60.7 Å². The number of hydrogen-bond acceptors (Lipinski definition) is 4. The molecule has 1 saturated heterocycles. The van der Waals surface area contributed by atoms with Crippen molar-refractivity contribution in [2.45, 2.75) is 17.9 Å². The van der Waals surface area contributed by atoms with Crippen LogP contribution in [0, 0.1) is 0 Å². The van der Waals surface area contributed by atoms with Crippen LogP contribution in [0.2, 0.25) is 0 Å². The maximum absolute atomic E-state index is 13.1. The van der Waals surface area contributed by atoms with Crippen LogP contribution in [0.5, 0.6) is 5.75 Å². The minimum atomic E-state index is -3.52. The van der Waals surface area contributed by atoms with Gasteiger partial charge in [0.25, 0.3) is 0 Å². The average molecular weight is 437 g/mol. The third-order valence-corrected chi connectivity index (χ3v) is 7.55. The highest BCUT2D eigenvalue weighted by molar-refractivity contribution is 7.89. The molecule has 1 aliphatic heterocycles. The van der Waals surface area contributed by atoms with E-state index in [0.717, 1.165) is 0 Å². The molecular formula is C25H28N2O3S. The van der Waals surface area contributed by atoms with Gasteiger partial charge in [0.05, 0.1) is 17.5 Å². The van der Waals surface area contributed by atoms with Crippen molar-refractivity contribution in [2.24, 2.45) is 0 Å². The normalized spacial score (nSPS) is 15.8. The summed E-state index contributed by atoms with van der Waals surface area (Å²) < 4.78 is 33.3. The number of sulfonamides is 1. The van der Waals surface area contributed by atoms with E-state index in [1.165, 1.54) is 11.1 Å². The monoisotopic (exact) mass is 436 g/mol. The van der Waals surface area contributed by atoms with E-state index < -0.39 is 10.0 Å². The van der Waals surface area contributed by atoms with Crippen LogP contribution in [0.1, 0.15) is 24.1 Å². The lowest BCUT2D eigenvalue weighted by atomic mass is 9.96. The Hall–Kier alpha value is -2.67. The van der Waals surface area contributed by atoms with E-state index in [-0.39, 0.29) is 6.04 Å². The molecule has 0 aliphatic carbocycles. The van der Waals surface area contributed by atoms with E-state index in [0.29, 0.717) is 43.4 Å². The largest absolute Gasteiger partial charge is 0.494 e. The molecule has 0 N–H and O–H groups in total. The Bertz CT molecular complexity index is 1020. The predicted molar refractivity (Wildman–Crippen MR) is 123 cm³/mol. The molecule has 0 atom stereocenters. The summed E-state index contributed by atoms with van der Waals surface area (Å²) in [6, 6.07) is 27.6. The molecule has 0 spiro atoms. The number of nitrogens with zero attached hydrogens (tertiary/aromatic N) is 2. The molecule has 3 aromatic carbocycles. The van der Waals surface area contributed by atoms with Gasteiger partial charge in [-0.3, -0.25) is 4.90 Å². The van der Waals surface area contributed by atoms with Crippen molar-refractivity contribution in [1.29, 1.82) is 0 Å². The van der Waals surface area contributed by atoms with Gasteiger partial charge in [-0.25, -0.2) is 8.42 Å². The summed E-state index contributed by atoms with van der Waals surface area (Å²) >= 11 is 0. The Morgan fingerprint density at radius 2 is 1.29 bits per heavy atom. The maximum atomic E-state index is 13.1. The first-order valence-corrected chi connectivity index (χ1v) is 12.1. The quantitative estimate of drug-likeness (QED) is 0.558. The summed E-state index contributed by atoms with van der Waals surface area (Å²) in [5.74, 6) is 0.680. The molecule has 4 rings (SSSR count). The van der Waals surface area contributed by atoms with Gasteiger partial charge in [0.1, 0.15) is 5.75 Å². The van der Waals surface area contributed by atoms with E-state index in [1.54, 1.807) is 28.6 Å². The average Bonchev–Trinajstić information content (AvgIpc) is 2.82. The second-order valence-corrected chi connectivity index (χ2v) is 9.51. The van der Waals surface area contributed by atoms with Crippen molar-refractivity contribution in [3.8, 4) is 5.75 Å². The molecule has 0 saturated carbocycles. The lowest BCUT2D eigenvalue weighted by molar-refractivity contribution is 0.156. The van der Waals surface area contributed by atoms with Gasteiger partial charge >= 0.3 is 0 Å². The number of piperazine rings is 1.